The molecule has 0 aliphatic heterocycles. The summed E-state index contributed by atoms with van der Waals surface area (Å²) in [4.78, 5) is 11.9. The Labute approximate surface area is 128 Å². The average Bonchev–Trinajstić information content (AvgIpc) is 2.52. The van der Waals surface area contributed by atoms with E-state index in [1.165, 1.54) is 6.08 Å². The Kier molecular flexibility index (Phi) is 5.14. The fraction of sp³-hybridized carbons (Fsp3) is 0.0588. The molecule has 0 saturated heterocycles. The number of rotatable bonds is 4. The van der Waals surface area contributed by atoms with Crippen LogP contribution < -0.4 is 0 Å². The second kappa shape index (κ2) is 7.28. The maximum Gasteiger partial charge on any atom is 0.349 e. The van der Waals surface area contributed by atoms with Crippen LogP contribution in [0.15, 0.2) is 60.2 Å². The molecule has 0 saturated carbocycles. The molecule has 0 radical (unpaired) electrons. The summed E-state index contributed by atoms with van der Waals surface area (Å²) >= 11 is 5.98. The standard InChI is InChI=1S/C17H12ClNO2/c18-16-9-5-4-8-14(16)12-21-17(20)15(11-19)10-13-6-2-1-3-7-13/h1-10H,12H2/b15-10+. The van der Waals surface area contributed by atoms with Crippen molar-refractivity contribution in [3.05, 3.63) is 76.3 Å². The molecule has 0 aliphatic rings. The highest BCUT2D eigenvalue weighted by Crippen LogP contribution is 2.16. The van der Waals surface area contributed by atoms with Crippen molar-refractivity contribution >= 4 is 23.6 Å². The van der Waals surface area contributed by atoms with E-state index in [2.05, 4.69) is 0 Å². The molecule has 0 N–H and O–H groups in total. The number of nitriles is 1. The van der Waals surface area contributed by atoms with E-state index in [1.54, 1.807) is 36.4 Å². The molecule has 0 unspecified atom stereocenters. The highest BCUT2D eigenvalue weighted by molar-refractivity contribution is 6.31. The first-order valence-electron chi connectivity index (χ1n) is 6.28. The Morgan fingerprint density at radius 3 is 2.48 bits per heavy atom. The van der Waals surface area contributed by atoms with Crippen LogP contribution in [0.1, 0.15) is 11.1 Å². The minimum Gasteiger partial charge on any atom is -0.457 e. The Balaban J connectivity index is 2.07. The fourth-order valence-corrected chi connectivity index (χ4v) is 1.88. The van der Waals surface area contributed by atoms with Gasteiger partial charge in [0.1, 0.15) is 18.2 Å². The number of nitrogens with zero attached hydrogens (tertiary/aromatic N) is 1. The van der Waals surface area contributed by atoms with Crippen LogP contribution >= 0.6 is 11.6 Å². The van der Waals surface area contributed by atoms with E-state index in [0.717, 1.165) is 5.56 Å². The number of halogens is 1. The van der Waals surface area contributed by atoms with Gasteiger partial charge in [0, 0.05) is 10.6 Å². The van der Waals surface area contributed by atoms with E-state index in [9.17, 15) is 4.79 Å². The predicted molar refractivity (Wildman–Crippen MR) is 81.3 cm³/mol. The molecule has 21 heavy (non-hydrogen) atoms. The third-order valence-electron chi connectivity index (χ3n) is 2.77. The molecule has 2 aromatic rings. The molecule has 104 valence electrons. The van der Waals surface area contributed by atoms with Crippen molar-refractivity contribution < 1.29 is 9.53 Å². The van der Waals surface area contributed by atoms with E-state index in [1.807, 2.05) is 24.3 Å². The summed E-state index contributed by atoms with van der Waals surface area (Å²) in [7, 11) is 0. The van der Waals surface area contributed by atoms with Gasteiger partial charge >= 0.3 is 5.97 Å². The van der Waals surface area contributed by atoms with Gasteiger partial charge in [-0.1, -0.05) is 60.1 Å². The van der Waals surface area contributed by atoms with Gasteiger partial charge in [-0.05, 0) is 17.7 Å². The second-order valence-corrected chi connectivity index (χ2v) is 4.66. The van der Waals surface area contributed by atoms with Crippen LogP contribution in [0.25, 0.3) is 6.08 Å². The van der Waals surface area contributed by atoms with Crippen LogP contribution in [-0.2, 0) is 16.1 Å². The summed E-state index contributed by atoms with van der Waals surface area (Å²) in [6.45, 7) is 0.0340. The number of ether oxygens (including phenoxy) is 1. The topological polar surface area (TPSA) is 50.1 Å². The number of esters is 1. The van der Waals surface area contributed by atoms with Gasteiger partial charge in [-0.25, -0.2) is 4.79 Å². The van der Waals surface area contributed by atoms with Gasteiger partial charge in [-0.2, -0.15) is 5.26 Å². The summed E-state index contributed by atoms with van der Waals surface area (Å²) < 4.78 is 5.12. The minimum atomic E-state index is -0.665. The van der Waals surface area contributed by atoms with Gasteiger partial charge in [-0.15, -0.1) is 0 Å². The van der Waals surface area contributed by atoms with Crippen LogP contribution in [0.5, 0.6) is 0 Å². The van der Waals surface area contributed by atoms with Gasteiger partial charge in [-0.3, -0.25) is 0 Å². The lowest BCUT2D eigenvalue weighted by Gasteiger charge is -2.05. The van der Waals surface area contributed by atoms with Crippen molar-refractivity contribution in [2.24, 2.45) is 0 Å². The average molecular weight is 298 g/mol. The Morgan fingerprint density at radius 2 is 1.81 bits per heavy atom. The van der Waals surface area contributed by atoms with Crippen LogP contribution in [0.4, 0.5) is 0 Å². The lowest BCUT2D eigenvalue weighted by Crippen LogP contribution is -2.07. The zero-order valence-corrected chi connectivity index (χ0v) is 11.9. The molecule has 0 aromatic heterocycles. The van der Waals surface area contributed by atoms with Gasteiger partial charge < -0.3 is 4.74 Å². The third kappa shape index (κ3) is 4.20. The first-order chi connectivity index (χ1) is 10.2. The number of carbonyl (C=O) groups is 1. The van der Waals surface area contributed by atoms with Crippen molar-refractivity contribution in [2.75, 3.05) is 0 Å². The molecule has 0 bridgehead atoms. The first-order valence-corrected chi connectivity index (χ1v) is 6.66. The van der Waals surface area contributed by atoms with E-state index < -0.39 is 5.97 Å². The summed E-state index contributed by atoms with van der Waals surface area (Å²) in [5.74, 6) is -0.665. The summed E-state index contributed by atoms with van der Waals surface area (Å²) in [5, 5.41) is 9.59. The summed E-state index contributed by atoms with van der Waals surface area (Å²) in [5.41, 5.74) is 1.42. The van der Waals surface area contributed by atoms with Crippen LogP contribution in [0.3, 0.4) is 0 Å². The Hall–Kier alpha value is -2.57. The van der Waals surface area contributed by atoms with Crippen molar-refractivity contribution in [3.8, 4) is 6.07 Å². The molecular formula is C17H12ClNO2. The Bertz CT molecular complexity index is 702. The minimum absolute atomic E-state index is 0.0340. The number of carbonyl (C=O) groups excluding carboxylic acids is 1. The number of hydrogen-bond donors (Lipinski definition) is 0. The lowest BCUT2D eigenvalue weighted by atomic mass is 10.1. The van der Waals surface area contributed by atoms with Crippen molar-refractivity contribution in [2.45, 2.75) is 6.61 Å². The highest BCUT2D eigenvalue weighted by atomic mass is 35.5. The molecule has 4 heteroatoms. The normalized spacial score (nSPS) is 10.8. The quantitative estimate of drug-likeness (QED) is 0.487. The maximum atomic E-state index is 11.9. The predicted octanol–water partition coefficient (Wildman–Crippen LogP) is 3.99. The molecular weight excluding hydrogens is 286 g/mol. The second-order valence-electron chi connectivity index (χ2n) is 4.25. The van der Waals surface area contributed by atoms with Gasteiger partial charge in [0.25, 0.3) is 0 Å². The number of benzene rings is 2. The maximum absolute atomic E-state index is 11.9. The third-order valence-corrected chi connectivity index (χ3v) is 3.14. The van der Waals surface area contributed by atoms with E-state index in [0.29, 0.717) is 10.6 Å². The monoisotopic (exact) mass is 297 g/mol. The molecule has 2 aromatic carbocycles. The van der Waals surface area contributed by atoms with Crippen molar-refractivity contribution in [1.29, 1.82) is 5.26 Å². The van der Waals surface area contributed by atoms with Gasteiger partial charge in [0.05, 0.1) is 0 Å². The van der Waals surface area contributed by atoms with Gasteiger partial charge in [0.2, 0.25) is 0 Å². The molecule has 0 fully saturated rings. The first kappa shape index (κ1) is 14.8. The molecule has 0 aliphatic carbocycles. The van der Waals surface area contributed by atoms with Crippen molar-refractivity contribution in [3.63, 3.8) is 0 Å². The van der Waals surface area contributed by atoms with E-state index in [-0.39, 0.29) is 12.2 Å². The van der Waals surface area contributed by atoms with Crippen LogP contribution in [0.2, 0.25) is 5.02 Å². The van der Waals surface area contributed by atoms with E-state index in [4.69, 9.17) is 21.6 Å². The largest absolute Gasteiger partial charge is 0.457 e. The lowest BCUT2D eigenvalue weighted by molar-refractivity contribution is -0.139. The number of hydrogen-bond acceptors (Lipinski definition) is 3. The smallest absolute Gasteiger partial charge is 0.349 e. The molecule has 2 rings (SSSR count). The molecule has 0 amide bonds. The summed E-state index contributed by atoms with van der Waals surface area (Å²) in [6, 6.07) is 18.1. The zero-order valence-electron chi connectivity index (χ0n) is 11.1. The molecule has 0 atom stereocenters. The Morgan fingerprint density at radius 1 is 1.14 bits per heavy atom. The highest BCUT2D eigenvalue weighted by Gasteiger charge is 2.11. The zero-order chi connectivity index (χ0) is 15.1. The molecule has 0 spiro atoms. The van der Waals surface area contributed by atoms with Crippen LogP contribution in [-0.4, -0.2) is 5.97 Å². The summed E-state index contributed by atoms with van der Waals surface area (Å²) in [6.07, 6.45) is 1.49. The molecule has 0 heterocycles. The molecule has 3 nitrogen and oxygen atoms in total. The fourth-order valence-electron chi connectivity index (χ4n) is 1.69. The van der Waals surface area contributed by atoms with Crippen molar-refractivity contribution in [1.82, 2.24) is 0 Å². The SMILES string of the molecule is N#C/C(=C\c1ccccc1)C(=O)OCc1ccccc1Cl. The van der Waals surface area contributed by atoms with E-state index >= 15 is 0 Å². The van der Waals surface area contributed by atoms with Gasteiger partial charge in [0.15, 0.2) is 0 Å². The van der Waals surface area contributed by atoms with Crippen LogP contribution in [0, 0.1) is 11.3 Å².